The predicted molar refractivity (Wildman–Crippen MR) is 113 cm³/mol. The molecule has 0 aliphatic carbocycles. The minimum Gasteiger partial charge on any atom is -0.322 e. The van der Waals surface area contributed by atoms with Gasteiger partial charge in [-0.25, -0.2) is 0 Å². The molecule has 0 saturated carbocycles. The van der Waals surface area contributed by atoms with Crippen molar-refractivity contribution in [3.8, 4) is 0 Å². The van der Waals surface area contributed by atoms with E-state index in [9.17, 15) is 4.79 Å². The maximum absolute atomic E-state index is 12.4. The lowest BCUT2D eigenvalue weighted by atomic mass is 10.2. The summed E-state index contributed by atoms with van der Waals surface area (Å²) in [5, 5.41) is 3.07. The molecular weight excluding hydrogens is 354 g/mol. The third-order valence-electron chi connectivity index (χ3n) is 4.97. The van der Waals surface area contributed by atoms with E-state index in [0.717, 1.165) is 43.3 Å². The highest BCUT2D eigenvalue weighted by Gasteiger charge is 2.24. The molecule has 1 heterocycles. The first kappa shape index (κ1) is 19.7. The summed E-state index contributed by atoms with van der Waals surface area (Å²) in [6.45, 7) is 5.93. The molecule has 1 saturated heterocycles. The molecular formula is C22H29N3OS+2. The Morgan fingerprint density at radius 3 is 2.41 bits per heavy atom. The van der Waals surface area contributed by atoms with Crippen molar-refractivity contribution in [3.63, 3.8) is 0 Å². The summed E-state index contributed by atoms with van der Waals surface area (Å²) >= 11 is 1.66. The molecule has 3 N–H and O–H groups in total. The molecule has 0 radical (unpaired) electrons. The fourth-order valence-electron chi connectivity index (χ4n) is 3.43. The second-order valence-corrected chi connectivity index (χ2v) is 7.79. The van der Waals surface area contributed by atoms with Crippen molar-refractivity contribution in [3.05, 3.63) is 66.2 Å². The van der Waals surface area contributed by atoms with Crippen LogP contribution < -0.4 is 15.1 Å². The highest BCUT2D eigenvalue weighted by Crippen LogP contribution is 2.24. The van der Waals surface area contributed by atoms with Crippen LogP contribution in [0.2, 0.25) is 0 Å². The molecule has 0 unspecified atom stereocenters. The van der Waals surface area contributed by atoms with Crippen molar-refractivity contribution in [2.45, 2.75) is 4.90 Å². The van der Waals surface area contributed by atoms with Gasteiger partial charge in [0.2, 0.25) is 0 Å². The van der Waals surface area contributed by atoms with Crippen LogP contribution in [0.25, 0.3) is 6.08 Å². The van der Waals surface area contributed by atoms with E-state index in [2.05, 4.69) is 41.7 Å². The van der Waals surface area contributed by atoms with Crippen LogP contribution in [-0.2, 0) is 4.79 Å². The Bertz CT molecular complexity index is 755. The maximum atomic E-state index is 12.4. The number of amides is 1. The van der Waals surface area contributed by atoms with Gasteiger partial charge in [0.1, 0.15) is 26.2 Å². The van der Waals surface area contributed by atoms with Crippen molar-refractivity contribution >= 4 is 29.4 Å². The smallest absolute Gasteiger partial charge is 0.279 e. The molecule has 4 nitrogen and oxygen atoms in total. The highest BCUT2D eigenvalue weighted by atomic mass is 32.2. The van der Waals surface area contributed by atoms with Crippen molar-refractivity contribution in [1.82, 2.24) is 0 Å². The molecule has 0 bridgehead atoms. The van der Waals surface area contributed by atoms with Gasteiger partial charge in [0.05, 0.1) is 12.2 Å². The number of benzene rings is 2. The number of piperazine rings is 1. The first-order chi connectivity index (χ1) is 13.2. The number of para-hydroxylation sites is 1. The summed E-state index contributed by atoms with van der Waals surface area (Å²) < 4.78 is 0. The summed E-state index contributed by atoms with van der Waals surface area (Å²) in [6, 6.07) is 18.4. The van der Waals surface area contributed by atoms with Gasteiger partial charge in [-0.15, -0.1) is 11.8 Å². The molecule has 1 fully saturated rings. The summed E-state index contributed by atoms with van der Waals surface area (Å²) in [4.78, 5) is 16.5. The van der Waals surface area contributed by atoms with Gasteiger partial charge in [0.25, 0.3) is 5.91 Å². The van der Waals surface area contributed by atoms with Crippen LogP contribution in [0, 0.1) is 0 Å². The van der Waals surface area contributed by atoms with E-state index >= 15 is 0 Å². The van der Waals surface area contributed by atoms with Gasteiger partial charge in [0.15, 0.2) is 6.54 Å². The molecule has 5 heteroatoms. The quantitative estimate of drug-likeness (QED) is 0.620. The number of thioether (sulfide) groups is 1. The standard InChI is InChI=1S/C22H27N3OS/c1-27-21-12-6-5-11-20(21)23-22(26)18-25-16-14-24(15-17-25)13-7-10-19-8-3-2-4-9-19/h2-12H,13-18H2,1H3,(H,23,26)/p+2/b10-7+. The SMILES string of the molecule is CSc1ccccc1NC(=O)C[NH+]1CC[NH+](C/C=C/c2ccccc2)CC1. The molecule has 2 aromatic carbocycles. The molecule has 2 aromatic rings. The summed E-state index contributed by atoms with van der Waals surface area (Å²) in [6.07, 6.45) is 6.50. The zero-order valence-corrected chi connectivity index (χ0v) is 16.7. The Morgan fingerprint density at radius 2 is 1.67 bits per heavy atom. The van der Waals surface area contributed by atoms with Gasteiger partial charge in [-0.2, -0.15) is 0 Å². The number of hydrogen-bond acceptors (Lipinski definition) is 2. The average Bonchev–Trinajstić information content (AvgIpc) is 2.70. The summed E-state index contributed by atoms with van der Waals surface area (Å²) in [7, 11) is 0. The molecule has 1 aliphatic heterocycles. The minimum atomic E-state index is 0.110. The molecule has 3 rings (SSSR count). The molecule has 27 heavy (non-hydrogen) atoms. The van der Waals surface area contributed by atoms with Crippen LogP contribution in [-0.4, -0.2) is 51.4 Å². The fraction of sp³-hybridized carbons (Fsp3) is 0.318. The van der Waals surface area contributed by atoms with Gasteiger partial charge in [-0.3, -0.25) is 4.79 Å². The second-order valence-electron chi connectivity index (χ2n) is 6.94. The van der Waals surface area contributed by atoms with Gasteiger partial charge in [-0.05, 0) is 30.0 Å². The van der Waals surface area contributed by atoms with Crippen LogP contribution >= 0.6 is 11.8 Å². The Hall–Kier alpha value is -2.08. The summed E-state index contributed by atoms with van der Waals surface area (Å²) in [5.74, 6) is 0.110. The molecule has 0 spiro atoms. The topological polar surface area (TPSA) is 38.0 Å². The van der Waals surface area contributed by atoms with Crippen molar-refractivity contribution in [2.75, 3.05) is 50.8 Å². The number of quaternary nitrogens is 2. The van der Waals surface area contributed by atoms with Crippen LogP contribution in [0.15, 0.2) is 65.6 Å². The van der Waals surface area contributed by atoms with E-state index in [4.69, 9.17) is 0 Å². The van der Waals surface area contributed by atoms with Gasteiger partial charge < -0.3 is 15.1 Å². The van der Waals surface area contributed by atoms with Crippen molar-refractivity contribution in [2.24, 2.45) is 0 Å². The second kappa shape index (κ2) is 10.3. The Balaban J connectivity index is 1.40. The van der Waals surface area contributed by atoms with E-state index in [0.29, 0.717) is 6.54 Å². The zero-order chi connectivity index (χ0) is 18.9. The average molecular weight is 384 g/mol. The van der Waals surface area contributed by atoms with Crippen LogP contribution in [0.1, 0.15) is 5.56 Å². The monoisotopic (exact) mass is 383 g/mol. The minimum absolute atomic E-state index is 0.110. The number of carbonyl (C=O) groups excluding carboxylic acids is 1. The third kappa shape index (κ3) is 6.24. The third-order valence-corrected chi connectivity index (χ3v) is 5.77. The van der Waals surface area contributed by atoms with Crippen molar-refractivity contribution < 1.29 is 14.6 Å². The van der Waals surface area contributed by atoms with Gasteiger partial charge in [0, 0.05) is 4.90 Å². The molecule has 1 aliphatic rings. The Kier molecular flexibility index (Phi) is 7.51. The van der Waals surface area contributed by atoms with Crippen LogP contribution in [0.3, 0.4) is 0 Å². The molecule has 1 amide bonds. The van der Waals surface area contributed by atoms with Gasteiger partial charge in [-0.1, -0.05) is 48.5 Å². The van der Waals surface area contributed by atoms with E-state index in [-0.39, 0.29) is 5.91 Å². The summed E-state index contributed by atoms with van der Waals surface area (Å²) in [5.41, 5.74) is 2.17. The lowest BCUT2D eigenvalue weighted by Crippen LogP contribution is -3.28. The number of nitrogens with one attached hydrogen (secondary N) is 3. The molecule has 0 atom stereocenters. The van der Waals surface area contributed by atoms with Crippen LogP contribution in [0.4, 0.5) is 5.69 Å². The normalized spacial score (nSPS) is 19.9. The Morgan fingerprint density at radius 1 is 1.00 bits per heavy atom. The fourth-order valence-corrected chi connectivity index (χ4v) is 3.99. The number of anilines is 1. The van der Waals surface area contributed by atoms with E-state index in [1.54, 1.807) is 16.7 Å². The van der Waals surface area contributed by atoms with E-state index in [1.807, 2.05) is 36.6 Å². The molecule has 142 valence electrons. The number of carbonyl (C=O) groups is 1. The first-order valence-electron chi connectivity index (χ1n) is 9.56. The number of hydrogen-bond donors (Lipinski definition) is 3. The lowest BCUT2D eigenvalue weighted by molar-refractivity contribution is -1.01. The van der Waals surface area contributed by atoms with E-state index < -0.39 is 0 Å². The highest BCUT2D eigenvalue weighted by molar-refractivity contribution is 7.98. The van der Waals surface area contributed by atoms with Crippen LogP contribution in [0.5, 0.6) is 0 Å². The van der Waals surface area contributed by atoms with Crippen molar-refractivity contribution in [1.29, 1.82) is 0 Å². The zero-order valence-electron chi connectivity index (χ0n) is 15.9. The largest absolute Gasteiger partial charge is 0.322 e. The maximum Gasteiger partial charge on any atom is 0.279 e. The van der Waals surface area contributed by atoms with E-state index in [1.165, 1.54) is 10.5 Å². The Labute approximate surface area is 166 Å². The lowest BCUT2D eigenvalue weighted by Gasteiger charge is -2.28. The van der Waals surface area contributed by atoms with Gasteiger partial charge >= 0.3 is 0 Å². The molecule has 0 aromatic heterocycles. The number of rotatable bonds is 7. The predicted octanol–water partition coefficient (Wildman–Crippen LogP) is 0.844. The first-order valence-corrected chi connectivity index (χ1v) is 10.8.